The van der Waals surface area contributed by atoms with Crippen LogP contribution in [0.25, 0.3) is 0 Å². The van der Waals surface area contributed by atoms with Gasteiger partial charge in [0.05, 0.1) is 13.2 Å². The Balaban J connectivity index is 1.65. The van der Waals surface area contributed by atoms with E-state index in [0.717, 1.165) is 62.0 Å². The summed E-state index contributed by atoms with van der Waals surface area (Å²) in [5.41, 5.74) is 2.17. The molecule has 2 N–H and O–H groups in total. The molecule has 0 saturated carbocycles. The number of hydrogen-bond donors (Lipinski definition) is 2. The van der Waals surface area contributed by atoms with E-state index in [2.05, 4.69) is 55.7 Å². The summed E-state index contributed by atoms with van der Waals surface area (Å²) < 4.78 is 11.7. The Hall–Kier alpha value is -2.36. The molecule has 0 spiro atoms. The molecule has 0 radical (unpaired) electrons. The van der Waals surface area contributed by atoms with E-state index in [9.17, 15) is 0 Å². The smallest absolute Gasteiger partial charge is 0.121 e. The minimum atomic E-state index is 0.659. The zero-order chi connectivity index (χ0) is 21.4. The second-order valence-corrected chi connectivity index (χ2v) is 8.20. The van der Waals surface area contributed by atoms with Gasteiger partial charge in [0, 0.05) is 36.6 Å². The number of ether oxygens (including phenoxy) is 2. The Morgan fingerprint density at radius 3 is 1.87 bits per heavy atom. The summed E-state index contributed by atoms with van der Waals surface area (Å²) in [5, 5.41) is 6.92. The van der Waals surface area contributed by atoms with E-state index in [1.54, 1.807) is 0 Å². The molecule has 2 aromatic rings. The van der Waals surface area contributed by atoms with Crippen LogP contribution in [0.15, 0.2) is 48.5 Å². The van der Waals surface area contributed by atoms with Crippen molar-refractivity contribution in [3.8, 4) is 11.5 Å². The highest BCUT2D eigenvalue weighted by atomic mass is 16.5. The first kappa shape index (κ1) is 23.9. The van der Waals surface area contributed by atoms with E-state index in [1.165, 1.54) is 25.7 Å². The van der Waals surface area contributed by atoms with Gasteiger partial charge in [-0.3, -0.25) is 0 Å². The van der Waals surface area contributed by atoms with Crippen LogP contribution in [0.1, 0.15) is 59.3 Å². The fourth-order valence-electron chi connectivity index (χ4n) is 3.11. The zero-order valence-electron chi connectivity index (χ0n) is 19.1. The van der Waals surface area contributed by atoms with Gasteiger partial charge in [-0.2, -0.15) is 0 Å². The Morgan fingerprint density at radius 1 is 0.733 bits per heavy atom. The second-order valence-electron chi connectivity index (χ2n) is 8.20. The maximum absolute atomic E-state index is 5.89. The van der Waals surface area contributed by atoms with Crippen LogP contribution in [0.5, 0.6) is 11.5 Å². The molecule has 2 aromatic carbocycles. The largest absolute Gasteiger partial charge is 0.494 e. The summed E-state index contributed by atoms with van der Waals surface area (Å²) in [4.78, 5) is 0. The van der Waals surface area contributed by atoms with Crippen molar-refractivity contribution in [1.29, 1.82) is 0 Å². The van der Waals surface area contributed by atoms with Crippen molar-refractivity contribution in [2.24, 2.45) is 5.92 Å². The van der Waals surface area contributed by atoms with Gasteiger partial charge in [0.2, 0.25) is 0 Å². The number of hydrogen-bond acceptors (Lipinski definition) is 4. The van der Waals surface area contributed by atoms with Crippen molar-refractivity contribution in [2.45, 2.75) is 59.3 Å². The molecule has 0 bridgehead atoms. The van der Waals surface area contributed by atoms with Crippen LogP contribution in [-0.4, -0.2) is 26.3 Å². The SMILES string of the molecule is CCCCCCCOc1cccc(NCCNc2cccc(OCCC(C)C)c2)c1. The number of anilines is 2. The summed E-state index contributed by atoms with van der Waals surface area (Å²) in [5.74, 6) is 2.52. The lowest BCUT2D eigenvalue weighted by Crippen LogP contribution is -2.13. The van der Waals surface area contributed by atoms with Gasteiger partial charge in [0.25, 0.3) is 0 Å². The highest BCUT2D eigenvalue weighted by Crippen LogP contribution is 2.19. The highest BCUT2D eigenvalue weighted by molar-refractivity contribution is 5.50. The molecule has 0 aliphatic carbocycles. The van der Waals surface area contributed by atoms with Crippen molar-refractivity contribution in [3.63, 3.8) is 0 Å². The summed E-state index contributed by atoms with van der Waals surface area (Å²) in [6.07, 6.45) is 7.36. The molecule has 0 fully saturated rings. The van der Waals surface area contributed by atoms with Crippen LogP contribution in [0.3, 0.4) is 0 Å². The fraction of sp³-hybridized carbons (Fsp3) is 0.538. The number of unbranched alkanes of at least 4 members (excludes halogenated alkanes) is 4. The lowest BCUT2D eigenvalue weighted by atomic mass is 10.1. The third kappa shape index (κ3) is 10.4. The molecule has 0 saturated heterocycles. The molecule has 0 aliphatic heterocycles. The lowest BCUT2D eigenvalue weighted by Gasteiger charge is -2.12. The summed E-state index contributed by atoms with van der Waals surface area (Å²) in [6, 6.07) is 16.4. The van der Waals surface area contributed by atoms with Crippen LogP contribution >= 0.6 is 0 Å². The molecule has 0 heterocycles. The van der Waals surface area contributed by atoms with Gasteiger partial charge < -0.3 is 20.1 Å². The van der Waals surface area contributed by atoms with Gasteiger partial charge >= 0.3 is 0 Å². The van der Waals surface area contributed by atoms with Gasteiger partial charge in [0.1, 0.15) is 11.5 Å². The molecular weight excluding hydrogens is 372 g/mol. The molecule has 2 rings (SSSR count). The maximum Gasteiger partial charge on any atom is 0.121 e. The molecule has 166 valence electrons. The second kappa shape index (κ2) is 14.6. The van der Waals surface area contributed by atoms with Crippen LogP contribution in [0.4, 0.5) is 11.4 Å². The Labute approximate surface area is 183 Å². The molecule has 4 heteroatoms. The van der Waals surface area contributed by atoms with Crippen molar-refractivity contribution in [2.75, 3.05) is 36.9 Å². The fourth-order valence-corrected chi connectivity index (χ4v) is 3.11. The summed E-state index contributed by atoms with van der Waals surface area (Å²) >= 11 is 0. The number of benzene rings is 2. The van der Waals surface area contributed by atoms with Crippen molar-refractivity contribution < 1.29 is 9.47 Å². The standard InChI is InChI=1S/C26H40N2O2/c1-4-5-6-7-8-18-29-25-13-9-11-23(20-25)27-16-17-28-24-12-10-14-26(21-24)30-19-15-22(2)3/h9-14,20-22,27-28H,4-8,15-19H2,1-3H3. The normalized spacial score (nSPS) is 10.8. The number of rotatable bonds is 16. The van der Waals surface area contributed by atoms with E-state index >= 15 is 0 Å². The Kier molecular flexibility index (Phi) is 11.6. The van der Waals surface area contributed by atoms with Crippen LogP contribution in [-0.2, 0) is 0 Å². The van der Waals surface area contributed by atoms with E-state index in [-0.39, 0.29) is 0 Å². The lowest BCUT2D eigenvalue weighted by molar-refractivity contribution is 0.289. The summed E-state index contributed by atoms with van der Waals surface area (Å²) in [6.45, 7) is 9.89. The third-order valence-electron chi connectivity index (χ3n) is 4.93. The predicted molar refractivity (Wildman–Crippen MR) is 129 cm³/mol. The minimum Gasteiger partial charge on any atom is -0.494 e. The topological polar surface area (TPSA) is 42.5 Å². The molecule has 4 nitrogen and oxygen atoms in total. The first-order valence-electron chi connectivity index (χ1n) is 11.6. The van der Waals surface area contributed by atoms with Crippen molar-refractivity contribution in [1.82, 2.24) is 0 Å². The van der Waals surface area contributed by atoms with E-state index in [0.29, 0.717) is 5.92 Å². The predicted octanol–water partition coefficient (Wildman–Crippen LogP) is 6.98. The molecule has 0 aromatic heterocycles. The average molecular weight is 413 g/mol. The van der Waals surface area contributed by atoms with Crippen LogP contribution in [0, 0.1) is 5.92 Å². The van der Waals surface area contributed by atoms with E-state index in [4.69, 9.17) is 9.47 Å². The monoisotopic (exact) mass is 412 g/mol. The van der Waals surface area contributed by atoms with Gasteiger partial charge in [-0.1, -0.05) is 58.6 Å². The van der Waals surface area contributed by atoms with Crippen molar-refractivity contribution >= 4 is 11.4 Å². The Morgan fingerprint density at radius 2 is 1.30 bits per heavy atom. The maximum atomic E-state index is 5.89. The molecule has 0 aliphatic rings. The zero-order valence-corrected chi connectivity index (χ0v) is 19.1. The molecule has 30 heavy (non-hydrogen) atoms. The third-order valence-corrected chi connectivity index (χ3v) is 4.93. The Bertz CT molecular complexity index is 703. The quantitative estimate of drug-likeness (QED) is 0.292. The van der Waals surface area contributed by atoms with Gasteiger partial charge in [-0.05, 0) is 43.0 Å². The average Bonchev–Trinajstić information content (AvgIpc) is 2.74. The molecule has 0 unspecified atom stereocenters. The van der Waals surface area contributed by atoms with E-state index in [1.807, 2.05) is 24.3 Å². The van der Waals surface area contributed by atoms with Gasteiger partial charge in [-0.15, -0.1) is 0 Å². The van der Waals surface area contributed by atoms with Gasteiger partial charge in [0.15, 0.2) is 0 Å². The highest BCUT2D eigenvalue weighted by Gasteiger charge is 2.00. The van der Waals surface area contributed by atoms with E-state index < -0.39 is 0 Å². The number of nitrogens with one attached hydrogen (secondary N) is 2. The minimum absolute atomic E-state index is 0.659. The molecule has 0 amide bonds. The first-order chi connectivity index (χ1) is 14.7. The van der Waals surface area contributed by atoms with Gasteiger partial charge in [-0.25, -0.2) is 0 Å². The van der Waals surface area contributed by atoms with Crippen molar-refractivity contribution in [3.05, 3.63) is 48.5 Å². The first-order valence-corrected chi connectivity index (χ1v) is 11.6. The summed E-state index contributed by atoms with van der Waals surface area (Å²) in [7, 11) is 0. The molecule has 0 atom stereocenters. The van der Waals surface area contributed by atoms with Crippen LogP contribution in [0.2, 0.25) is 0 Å². The molecular formula is C26H40N2O2. The van der Waals surface area contributed by atoms with Crippen LogP contribution < -0.4 is 20.1 Å².